The fourth-order valence-corrected chi connectivity index (χ4v) is 2.69. The molecular weight excluding hydrogens is 288 g/mol. The van der Waals surface area contributed by atoms with Gasteiger partial charge in [-0.05, 0) is 52.0 Å². The number of ether oxygens (including phenoxy) is 1. The zero-order valence-corrected chi connectivity index (χ0v) is 14.2. The molecule has 0 radical (unpaired) electrons. The van der Waals surface area contributed by atoms with Crippen LogP contribution in [0.2, 0.25) is 0 Å². The number of allylic oxidation sites excluding steroid dienone is 1. The number of hydrogen-bond donors (Lipinski definition) is 0. The Balaban J connectivity index is 1.92. The molecule has 0 aromatic carbocycles. The van der Waals surface area contributed by atoms with Crippen molar-refractivity contribution in [1.29, 1.82) is 0 Å². The summed E-state index contributed by atoms with van der Waals surface area (Å²) in [5.41, 5.74) is -0.662. The molecule has 1 saturated heterocycles. The maximum absolute atomic E-state index is 14.5. The van der Waals surface area contributed by atoms with Crippen LogP contribution in [0, 0.1) is 5.92 Å². The molecule has 0 N–H and O–H groups in total. The minimum atomic E-state index is -0.917. The first-order chi connectivity index (χ1) is 10.1. The van der Waals surface area contributed by atoms with E-state index in [1.807, 2.05) is 27.7 Å². The normalized spacial score (nSPS) is 25.7. The Kier molecular flexibility index (Phi) is 4.60. The highest BCUT2D eigenvalue weighted by Gasteiger charge is 2.54. The Morgan fingerprint density at radius 2 is 1.82 bits per heavy atom. The van der Waals surface area contributed by atoms with Crippen LogP contribution < -0.4 is 0 Å². The van der Waals surface area contributed by atoms with Gasteiger partial charge in [0.2, 0.25) is 0 Å². The third-order valence-electron chi connectivity index (χ3n) is 4.89. The number of carbonyl (C=O) groups is 1. The van der Waals surface area contributed by atoms with Crippen molar-refractivity contribution in [3.8, 4) is 0 Å². The molecule has 2 rings (SSSR count). The lowest BCUT2D eigenvalue weighted by Gasteiger charge is -2.33. The molecule has 0 bridgehead atoms. The van der Waals surface area contributed by atoms with Crippen molar-refractivity contribution in [2.75, 3.05) is 20.7 Å². The summed E-state index contributed by atoms with van der Waals surface area (Å²) in [6.45, 7) is 8.17. The zero-order chi connectivity index (χ0) is 16.7. The molecule has 5 nitrogen and oxygen atoms in total. The van der Waals surface area contributed by atoms with E-state index in [4.69, 9.17) is 9.31 Å². The van der Waals surface area contributed by atoms with Gasteiger partial charge in [-0.3, -0.25) is 0 Å². The summed E-state index contributed by atoms with van der Waals surface area (Å²) in [5, 5.41) is 0. The van der Waals surface area contributed by atoms with E-state index in [2.05, 4.69) is 4.74 Å². The summed E-state index contributed by atoms with van der Waals surface area (Å²) in [6, 6.07) is 0. The van der Waals surface area contributed by atoms with Crippen LogP contribution in [-0.4, -0.2) is 50.0 Å². The summed E-state index contributed by atoms with van der Waals surface area (Å²) >= 11 is 0. The lowest BCUT2D eigenvalue weighted by Crippen LogP contribution is -2.41. The first-order valence-electron chi connectivity index (χ1n) is 7.59. The number of nitrogens with zero attached hydrogens (tertiary/aromatic N) is 1. The van der Waals surface area contributed by atoms with Crippen LogP contribution in [0.25, 0.3) is 0 Å². The van der Waals surface area contributed by atoms with Crippen LogP contribution in [0.4, 0.5) is 9.18 Å². The Hall–Kier alpha value is -1.08. The van der Waals surface area contributed by atoms with Crippen molar-refractivity contribution in [1.82, 2.24) is 4.90 Å². The molecule has 0 aromatic rings. The molecule has 1 aliphatic carbocycles. The fraction of sp³-hybridized carbons (Fsp3) is 0.800. The Bertz CT molecular complexity index is 468. The van der Waals surface area contributed by atoms with Crippen LogP contribution in [0.15, 0.2) is 11.3 Å². The number of carbonyl (C=O) groups excluding carboxylic acids is 1. The first-order valence-corrected chi connectivity index (χ1v) is 7.59. The van der Waals surface area contributed by atoms with Crippen molar-refractivity contribution >= 4 is 13.2 Å². The summed E-state index contributed by atoms with van der Waals surface area (Å²) in [5.74, 6) is 0.257. The lowest BCUT2D eigenvalue weighted by molar-refractivity contribution is 0.00578. The van der Waals surface area contributed by atoms with Crippen molar-refractivity contribution in [2.24, 2.45) is 5.92 Å². The highest BCUT2D eigenvalue weighted by atomic mass is 19.1. The first kappa shape index (κ1) is 17.3. The lowest BCUT2D eigenvalue weighted by atomic mass is 9.72. The molecule has 7 heteroatoms. The van der Waals surface area contributed by atoms with Crippen LogP contribution in [-0.2, 0) is 14.0 Å². The molecule has 0 atom stereocenters. The number of methoxy groups -OCH3 is 1. The standard InChI is InChI=1S/C15H25BFNO4/c1-14(2)15(3,4)22-16(21-14)12(17)11-7-10(8-11)9-18(5)13(19)20-6/h10H,7-9H2,1-6H3. The summed E-state index contributed by atoms with van der Waals surface area (Å²) in [4.78, 5) is 12.8. The van der Waals surface area contributed by atoms with Crippen molar-refractivity contribution in [2.45, 2.75) is 51.7 Å². The molecule has 1 amide bonds. The smallest absolute Gasteiger partial charge is 0.453 e. The van der Waals surface area contributed by atoms with Gasteiger partial charge in [-0.1, -0.05) is 0 Å². The second-order valence-corrected chi connectivity index (χ2v) is 7.16. The van der Waals surface area contributed by atoms with E-state index in [9.17, 15) is 9.18 Å². The van der Waals surface area contributed by atoms with Crippen molar-refractivity contribution in [3.63, 3.8) is 0 Å². The average Bonchev–Trinajstić information content (AvgIpc) is 2.60. The van der Waals surface area contributed by atoms with Gasteiger partial charge < -0.3 is 18.9 Å². The maximum atomic E-state index is 14.5. The van der Waals surface area contributed by atoms with E-state index in [1.54, 1.807) is 7.05 Å². The highest BCUT2D eigenvalue weighted by molar-refractivity contribution is 6.53. The second-order valence-electron chi connectivity index (χ2n) is 7.16. The van der Waals surface area contributed by atoms with E-state index >= 15 is 0 Å². The van der Waals surface area contributed by atoms with Crippen LogP contribution in [0.3, 0.4) is 0 Å². The minimum absolute atomic E-state index is 0.257. The average molecular weight is 313 g/mol. The van der Waals surface area contributed by atoms with Crippen molar-refractivity contribution < 1.29 is 23.2 Å². The van der Waals surface area contributed by atoms with Gasteiger partial charge in [-0.25, -0.2) is 9.18 Å². The predicted octanol–water partition coefficient (Wildman–Crippen LogP) is 2.95. The van der Waals surface area contributed by atoms with E-state index < -0.39 is 18.3 Å². The van der Waals surface area contributed by atoms with Gasteiger partial charge in [0.25, 0.3) is 0 Å². The second kappa shape index (κ2) is 5.85. The number of hydrogen-bond acceptors (Lipinski definition) is 4. The molecule has 0 unspecified atom stereocenters. The van der Waals surface area contributed by atoms with Crippen LogP contribution in [0.5, 0.6) is 0 Å². The topological polar surface area (TPSA) is 48.0 Å². The summed E-state index contributed by atoms with van der Waals surface area (Å²) < 4.78 is 30.6. The molecule has 2 fully saturated rings. The Morgan fingerprint density at radius 1 is 1.32 bits per heavy atom. The SMILES string of the molecule is COC(=O)N(C)CC1CC(=C(F)B2OC(C)(C)C(C)(C)O2)C1. The van der Waals surface area contributed by atoms with E-state index in [0.29, 0.717) is 19.4 Å². The third-order valence-corrected chi connectivity index (χ3v) is 4.89. The molecular formula is C15H25BFNO4. The highest BCUT2D eigenvalue weighted by Crippen LogP contribution is 2.43. The zero-order valence-electron chi connectivity index (χ0n) is 14.2. The van der Waals surface area contributed by atoms with E-state index in [-0.39, 0.29) is 17.7 Å². The molecule has 124 valence electrons. The number of amides is 1. The Labute approximate surface area is 131 Å². The van der Waals surface area contributed by atoms with Gasteiger partial charge in [0.05, 0.1) is 18.3 Å². The fourth-order valence-electron chi connectivity index (χ4n) is 2.69. The molecule has 22 heavy (non-hydrogen) atoms. The molecule has 0 aromatic heterocycles. The predicted molar refractivity (Wildman–Crippen MR) is 82.0 cm³/mol. The molecule has 1 heterocycles. The molecule has 1 aliphatic heterocycles. The summed E-state index contributed by atoms with van der Waals surface area (Å²) in [7, 11) is 2.11. The van der Waals surface area contributed by atoms with Gasteiger partial charge in [0.1, 0.15) is 5.73 Å². The van der Waals surface area contributed by atoms with E-state index in [0.717, 1.165) is 5.57 Å². The molecule has 0 spiro atoms. The van der Waals surface area contributed by atoms with Gasteiger partial charge in [0, 0.05) is 13.6 Å². The van der Waals surface area contributed by atoms with Crippen molar-refractivity contribution in [3.05, 3.63) is 11.3 Å². The number of halogens is 1. The van der Waals surface area contributed by atoms with Gasteiger partial charge in [-0.15, -0.1) is 0 Å². The molecule has 2 aliphatic rings. The van der Waals surface area contributed by atoms with E-state index in [1.165, 1.54) is 12.0 Å². The van der Waals surface area contributed by atoms with Crippen LogP contribution >= 0.6 is 0 Å². The third kappa shape index (κ3) is 3.15. The molecule has 1 saturated carbocycles. The Morgan fingerprint density at radius 3 is 2.27 bits per heavy atom. The van der Waals surface area contributed by atoms with Gasteiger partial charge in [0.15, 0.2) is 0 Å². The number of rotatable bonds is 3. The largest absolute Gasteiger partial charge is 0.525 e. The van der Waals surface area contributed by atoms with Gasteiger partial charge >= 0.3 is 13.2 Å². The summed E-state index contributed by atoms with van der Waals surface area (Å²) in [6.07, 6.45) is 0.873. The quantitative estimate of drug-likeness (QED) is 0.752. The minimum Gasteiger partial charge on any atom is -0.453 e. The monoisotopic (exact) mass is 313 g/mol. The maximum Gasteiger partial charge on any atom is 0.525 e. The van der Waals surface area contributed by atoms with Crippen LogP contribution in [0.1, 0.15) is 40.5 Å². The van der Waals surface area contributed by atoms with Gasteiger partial charge in [-0.2, -0.15) is 0 Å².